The van der Waals surface area contributed by atoms with Crippen molar-refractivity contribution < 1.29 is 20.1 Å². The maximum Gasteiger partial charge on any atom is 0.167 e. The molecule has 2 aromatic heterocycles. The highest BCUT2D eigenvalue weighted by Gasteiger charge is 2.44. The molecule has 9 heteroatoms. The lowest BCUT2D eigenvalue weighted by molar-refractivity contribution is -0.0511. The number of fused-ring (bicyclic) bond motifs is 1. The van der Waals surface area contributed by atoms with E-state index in [0.717, 1.165) is 6.54 Å². The topological polar surface area (TPSA) is 126 Å². The second-order valence-corrected chi connectivity index (χ2v) is 6.05. The van der Waals surface area contributed by atoms with Gasteiger partial charge in [0.25, 0.3) is 0 Å². The molecule has 23 heavy (non-hydrogen) atoms. The minimum absolute atomic E-state index is 0.377. The van der Waals surface area contributed by atoms with Crippen LogP contribution in [0.15, 0.2) is 12.7 Å². The third-order valence-corrected chi connectivity index (χ3v) is 3.83. The van der Waals surface area contributed by atoms with E-state index in [1.807, 2.05) is 0 Å². The fourth-order valence-corrected chi connectivity index (χ4v) is 2.58. The number of ether oxygens (including phenoxy) is 1. The minimum Gasteiger partial charge on any atom is -0.394 e. The summed E-state index contributed by atoms with van der Waals surface area (Å²) >= 11 is 0. The number of aliphatic hydroxyl groups excluding tert-OH is 3. The van der Waals surface area contributed by atoms with Crippen molar-refractivity contribution in [3.05, 3.63) is 12.7 Å². The Hall–Kier alpha value is -1.81. The molecule has 0 saturated carbocycles. The van der Waals surface area contributed by atoms with Gasteiger partial charge in [-0.1, -0.05) is 13.8 Å². The van der Waals surface area contributed by atoms with Crippen molar-refractivity contribution in [3.8, 4) is 0 Å². The molecule has 1 aliphatic heterocycles. The summed E-state index contributed by atoms with van der Waals surface area (Å²) < 4.78 is 7.06. The molecule has 1 saturated heterocycles. The number of hydrogen-bond donors (Lipinski definition) is 4. The number of hydrogen-bond acceptors (Lipinski definition) is 8. The molecule has 9 nitrogen and oxygen atoms in total. The zero-order valence-corrected chi connectivity index (χ0v) is 13.0. The number of aromatic nitrogens is 4. The number of nitrogens with zero attached hydrogens (tertiary/aromatic N) is 4. The first kappa shape index (κ1) is 16.1. The van der Waals surface area contributed by atoms with Gasteiger partial charge in [0.1, 0.15) is 24.6 Å². The molecule has 4 N–H and O–H groups in total. The van der Waals surface area contributed by atoms with Gasteiger partial charge < -0.3 is 25.4 Å². The van der Waals surface area contributed by atoms with E-state index in [-0.39, 0.29) is 6.61 Å². The molecule has 2 aromatic rings. The van der Waals surface area contributed by atoms with Gasteiger partial charge >= 0.3 is 0 Å². The van der Waals surface area contributed by atoms with Gasteiger partial charge in [-0.05, 0) is 5.92 Å². The van der Waals surface area contributed by atoms with Gasteiger partial charge in [-0.2, -0.15) is 0 Å². The molecule has 4 atom stereocenters. The maximum absolute atomic E-state index is 10.1. The van der Waals surface area contributed by atoms with E-state index in [2.05, 4.69) is 34.1 Å². The summed E-state index contributed by atoms with van der Waals surface area (Å²) in [5.41, 5.74) is 1.05. The van der Waals surface area contributed by atoms with Crippen LogP contribution >= 0.6 is 0 Å². The predicted molar refractivity (Wildman–Crippen MR) is 81.7 cm³/mol. The summed E-state index contributed by atoms with van der Waals surface area (Å²) in [6.45, 7) is 4.54. The van der Waals surface area contributed by atoms with E-state index in [9.17, 15) is 15.3 Å². The van der Waals surface area contributed by atoms with Crippen LogP contribution in [-0.4, -0.2) is 66.3 Å². The summed E-state index contributed by atoms with van der Waals surface area (Å²) in [5, 5.41) is 32.4. The minimum atomic E-state index is -1.17. The third kappa shape index (κ3) is 2.88. The first-order valence-electron chi connectivity index (χ1n) is 7.56. The van der Waals surface area contributed by atoms with E-state index < -0.39 is 24.5 Å². The zero-order valence-electron chi connectivity index (χ0n) is 13.0. The van der Waals surface area contributed by atoms with Crippen molar-refractivity contribution in [2.24, 2.45) is 5.92 Å². The first-order chi connectivity index (χ1) is 11.0. The Morgan fingerprint density at radius 3 is 2.70 bits per heavy atom. The Kier molecular flexibility index (Phi) is 4.44. The Bertz CT molecular complexity index is 676. The highest BCUT2D eigenvalue weighted by molar-refractivity contribution is 5.82. The number of rotatable bonds is 5. The summed E-state index contributed by atoms with van der Waals surface area (Å²) in [6.07, 6.45) is -1.15. The Balaban J connectivity index is 1.93. The molecular formula is C14H21N5O4. The molecule has 126 valence electrons. The molecule has 3 heterocycles. The van der Waals surface area contributed by atoms with Crippen molar-refractivity contribution in [3.63, 3.8) is 0 Å². The SMILES string of the molecule is CC(C)CNc1ncnc2c1ncn2[C@@H]1O[C@H](CO)[C@H](O)C1O. The molecule has 0 spiro atoms. The van der Waals surface area contributed by atoms with Gasteiger partial charge in [-0.3, -0.25) is 4.57 Å². The molecule has 3 rings (SSSR count). The highest BCUT2D eigenvalue weighted by atomic mass is 16.6. The smallest absolute Gasteiger partial charge is 0.167 e. The standard InChI is InChI=1S/C14H21N5O4/c1-7(2)3-15-12-9-13(17-5-16-12)19(6-18-9)14-11(22)10(21)8(4-20)23-14/h5-8,10-11,14,20-22H,3-4H2,1-2H3,(H,15,16,17)/t8-,10+,11?,14-/m1/s1. The van der Waals surface area contributed by atoms with Crippen molar-refractivity contribution in [2.75, 3.05) is 18.5 Å². The Morgan fingerprint density at radius 2 is 2.04 bits per heavy atom. The average molecular weight is 323 g/mol. The van der Waals surface area contributed by atoms with Crippen LogP contribution in [0.1, 0.15) is 20.1 Å². The van der Waals surface area contributed by atoms with Crippen LogP contribution in [0, 0.1) is 5.92 Å². The number of nitrogens with one attached hydrogen (secondary N) is 1. The summed E-state index contributed by atoms with van der Waals surface area (Å²) in [5.74, 6) is 1.05. The van der Waals surface area contributed by atoms with Gasteiger partial charge in [-0.15, -0.1) is 0 Å². The number of aliphatic hydroxyl groups is 3. The third-order valence-electron chi connectivity index (χ3n) is 3.83. The van der Waals surface area contributed by atoms with Crippen LogP contribution in [0.2, 0.25) is 0 Å². The fourth-order valence-electron chi connectivity index (χ4n) is 2.58. The zero-order chi connectivity index (χ0) is 16.6. The van der Waals surface area contributed by atoms with E-state index in [1.165, 1.54) is 12.7 Å². The van der Waals surface area contributed by atoms with Crippen LogP contribution in [0.5, 0.6) is 0 Å². The number of imidazole rings is 1. The second kappa shape index (κ2) is 6.36. The molecule has 0 bridgehead atoms. The van der Waals surface area contributed by atoms with Crippen LogP contribution in [0.4, 0.5) is 5.82 Å². The van der Waals surface area contributed by atoms with Crippen molar-refractivity contribution >= 4 is 17.0 Å². The van der Waals surface area contributed by atoms with Crippen LogP contribution < -0.4 is 5.32 Å². The summed E-state index contributed by atoms with van der Waals surface area (Å²) in [6, 6.07) is 0. The van der Waals surface area contributed by atoms with Crippen LogP contribution in [0.25, 0.3) is 11.2 Å². The van der Waals surface area contributed by atoms with Gasteiger partial charge in [0.2, 0.25) is 0 Å². The molecule has 0 aromatic carbocycles. The lowest BCUT2D eigenvalue weighted by Gasteiger charge is -2.16. The average Bonchev–Trinajstić information content (AvgIpc) is 3.08. The normalized spacial score (nSPS) is 27.9. The van der Waals surface area contributed by atoms with Gasteiger partial charge in [0, 0.05) is 6.54 Å². The van der Waals surface area contributed by atoms with E-state index in [1.54, 1.807) is 4.57 Å². The van der Waals surface area contributed by atoms with Gasteiger partial charge in [0.15, 0.2) is 23.2 Å². The molecule has 0 aliphatic carbocycles. The van der Waals surface area contributed by atoms with Crippen LogP contribution in [0.3, 0.4) is 0 Å². The number of anilines is 1. The Labute approximate surface area is 133 Å². The van der Waals surface area contributed by atoms with Crippen molar-refractivity contribution in [1.29, 1.82) is 0 Å². The van der Waals surface area contributed by atoms with Gasteiger partial charge in [-0.25, -0.2) is 15.0 Å². The summed E-state index contributed by atoms with van der Waals surface area (Å²) in [7, 11) is 0. The molecular weight excluding hydrogens is 302 g/mol. The van der Waals surface area contributed by atoms with Crippen molar-refractivity contribution in [2.45, 2.75) is 38.4 Å². The molecule has 1 aliphatic rings. The van der Waals surface area contributed by atoms with E-state index in [0.29, 0.717) is 22.9 Å². The van der Waals surface area contributed by atoms with E-state index >= 15 is 0 Å². The largest absolute Gasteiger partial charge is 0.394 e. The molecule has 1 fully saturated rings. The van der Waals surface area contributed by atoms with Crippen LogP contribution in [-0.2, 0) is 4.74 Å². The molecule has 0 radical (unpaired) electrons. The monoisotopic (exact) mass is 323 g/mol. The van der Waals surface area contributed by atoms with Crippen molar-refractivity contribution in [1.82, 2.24) is 19.5 Å². The predicted octanol–water partition coefficient (Wildman–Crippen LogP) is -0.494. The first-order valence-corrected chi connectivity index (χ1v) is 7.56. The second-order valence-electron chi connectivity index (χ2n) is 6.05. The lowest BCUT2D eigenvalue weighted by atomic mass is 10.1. The highest BCUT2D eigenvalue weighted by Crippen LogP contribution is 2.32. The molecule has 1 unspecified atom stereocenters. The molecule has 0 amide bonds. The van der Waals surface area contributed by atoms with E-state index in [4.69, 9.17) is 4.74 Å². The lowest BCUT2D eigenvalue weighted by Crippen LogP contribution is -2.33. The Morgan fingerprint density at radius 1 is 1.26 bits per heavy atom. The maximum atomic E-state index is 10.1. The fraction of sp³-hybridized carbons (Fsp3) is 0.643. The quantitative estimate of drug-likeness (QED) is 0.580. The summed E-state index contributed by atoms with van der Waals surface area (Å²) in [4.78, 5) is 12.7. The van der Waals surface area contributed by atoms with Gasteiger partial charge in [0.05, 0.1) is 12.9 Å².